The van der Waals surface area contributed by atoms with E-state index < -0.39 is 81.9 Å². The summed E-state index contributed by atoms with van der Waals surface area (Å²) in [5.41, 5.74) is -2.63. The third kappa shape index (κ3) is 6.50. The number of nitrogens with one attached hydrogen (secondary N) is 1. The van der Waals surface area contributed by atoms with Crippen LogP contribution in [0.2, 0.25) is 0 Å². The molecule has 0 aromatic heterocycles. The van der Waals surface area contributed by atoms with E-state index >= 15 is 0 Å². The Labute approximate surface area is 282 Å². The Bertz CT molecular complexity index is 1640. The van der Waals surface area contributed by atoms with Gasteiger partial charge in [0.05, 0.1) is 18.5 Å². The molecule has 1 aromatic carbocycles. The molecular weight excluding hydrogens is 640 g/mol. The van der Waals surface area contributed by atoms with Crippen molar-refractivity contribution in [2.24, 2.45) is 28.6 Å². The van der Waals surface area contributed by atoms with Gasteiger partial charge in [-0.25, -0.2) is 4.79 Å². The lowest BCUT2D eigenvalue weighted by Crippen LogP contribution is -2.61. The fraction of sp³-hybridized carbons (Fsp3) is 0.600. The Balaban J connectivity index is 1.16. The zero-order chi connectivity index (χ0) is 35.9. The molecular formula is C35H42N2O12. The second-order valence-electron chi connectivity index (χ2n) is 14.3. The first-order chi connectivity index (χ1) is 23.0. The second kappa shape index (κ2) is 13.4. The normalized spacial score (nSPS) is 30.9. The monoisotopic (exact) mass is 682 g/mol. The highest BCUT2D eigenvalue weighted by molar-refractivity contribution is 5.95. The number of Topliss-reactive ketones (excluding diaryl/α,β-unsaturated/α-hetero) is 2. The minimum absolute atomic E-state index is 0.00482. The van der Waals surface area contributed by atoms with Crippen LogP contribution in [-0.2, 0) is 44.7 Å². The maximum Gasteiger partial charge on any atom is 0.328 e. The van der Waals surface area contributed by atoms with Gasteiger partial charge in [0, 0.05) is 43.1 Å². The largest absolute Gasteiger partial charge is 0.502 e. The number of carbonyl (C=O) groups is 6. The molecule has 0 bridgehead atoms. The highest BCUT2D eigenvalue weighted by Crippen LogP contribution is 2.66. The number of nitro benzene ring substituents is 1. The molecule has 3 fully saturated rings. The van der Waals surface area contributed by atoms with Gasteiger partial charge in [-0.3, -0.25) is 34.1 Å². The molecule has 7 atom stereocenters. The van der Waals surface area contributed by atoms with Crippen molar-refractivity contribution in [1.82, 2.24) is 5.32 Å². The van der Waals surface area contributed by atoms with Gasteiger partial charge in [-0.05, 0) is 67.1 Å². The zero-order valence-electron chi connectivity index (χ0n) is 27.8. The van der Waals surface area contributed by atoms with Crippen molar-refractivity contribution in [2.45, 2.75) is 89.7 Å². The number of carbonyl (C=O) groups excluding carboxylic acids is 6. The fourth-order valence-corrected chi connectivity index (χ4v) is 9.08. The maximum absolute atomic E-state index is 13.8. The van der Waals surface area contributed by atoms with Crippen LogP contribution in [0.3, 0.4) is 0 Å². The van der Waals surface area contributed by atoms with Crippen LogP contribution in [0, 0.1) is 38.7 Å². The van der Waals surface area contributed by atoms with Crippen LogP contribution in [0.4, 0.5) is 5.69 Å². The number of hydrogen-bond acceptors (Lipinski definition) is 12. The predicted octanol–water partition coefficient (Wildman–Crippen LogP) is 2.84. The lowest BCUT2D eigenvalue weighted by atomic mass is 9.46. The summed E-state index contributed by atoms with van der Waals surface area (Å²) < 4.78 is 9.89. The van der Waals surface area contributed by atoms with E-state index in [2.05, 4.69) is 12.2 Å². The number of methoxy groups -OCH3 is 1. The number of amides is 1. The molecule has 1 aromatic rings. The summed E-state index contributed by atoms with van der Waals surface area (Å²) in [6.45, 7) is 3.10. The number of aromatic hydroxyl groups is 1. The van der Waals surface area contributed by atoms with Gasteiger partial charge >= 0.3 is 17.6 Å². The SMILES string of the molecule is COC(=O)[C@H](Cc1ccc(O)c([N+](=O)[O-])c1)NC(=O)CCC(=O)OCC(=O)[C@@]1(O)CC[C@@H]2[C@@H]3CCC4=CC(=O)CC[C@]4(C)[C@H]3C(=O)C[C@@]21C. The molecule has 4 aliphatic carbocycles. The Kier molecular flexibility index (Phi) is 9.84. The van der Waals surface area contributed by atoms with Crippen molar-refractivity contribution in [2.75, 3.05) is 13.7 Å². The summed E-state index contributed by atoms with van der Waals surface area (Å²) in [6, 6.07) is 2.26. The van der Waals surface area contributed by atoms with Crippen molar-refractivity contribution < 1.29 is 53.4 Å². The molecule has 14 nitrogen and oxygen atoms in total. The quantitative estimate of drug-likeness (QED) is 0.174. The standard InChI is InChI=1S/C35H42N2O12/c1-33-12-10-21(38)16-20(33)5-6-22-23-11-13-35(45,34(23,2)17-27(40)31(22)33)28(41)18-49-30(43)9-8-29(42)36-24(32(44)48-3)14-19-4-7-26(39)25(15-19)37(46)47/h4,7,15-16,22-24,31,39,45H,5-6,8-14,17-18H2,1-3H3,(H,36,42)/t22-,23+,24-,31+,33-,34-,35-/m0/s1. The van der Waals surface area contributed by atoms with Crippen LogP contribution < -0.4 is 5.32 Å². The average Bonchev–Trinajstić information content (AvgIpc) is 3.33. The van der Waals surface area contributed by atoms with Crippen LogP contribution in [-0.4, -0.2) is 75.7 Å². The Hall–Kier alpha value is -4.46. The van der Waals surface area contributed by atoms with Crippen LogP contribution in [0.1, 0.15) is 77.2 Å². The number of nitrogens with zero attached hydrogens (tertiary/aromatic N) is 1. The first-order valence-corrected chi connectivity index (χ1v) is 16.6. The van der Waals surface area contributed by atoms with Crippen molar-refractivity contribution in [3.05, 3.63) is 45.5 Å². The highest BCUT2D eigenvalue weighted by Gasteiger charge is 2.68. The molecule has 14 heteroatoms. The molecule has 0 unspecified atom stereocenters. The fourth-order valence-electron chi connectivity index (χ4n) is 9.08. The minimum atomic E-state index is -1.88. The number of hydrogen-bond donors (Lipinski definition) is 3. The van der Waals surface area contributed by atoms with Gasteiger partial charge in [-0.1, -0.05) is 25.5 Å². The molecule has 3 N–H and O–H groups in total. The number of esters is 2. The van der Waals surface area contributed by atoms with E-state index in [4.69, 9.17) is 9.47 Å². The molecule has 4 aliphatic rings. The van der Waals surface area contributed by atoms with E-state index in [1.165, 1.54) is 6.07 Å². The number of benzene rings is 1. The van der Waals surface area contributed by atoms with Gasteiger partial charge in [0.15, 0.2) is 18.1 Å². The first kappa shape index (κ1) is 35.8. The number of nitro groups is 1. The smallest absolute Gasteiger partial charge is 0.328 e. The van der Waals surface area contributed by atoms with Gasteiger partial charge in [-0.2, -0.15) is 0 Å². The number of ether oxygens (including phenoxy) is 2. The van der Waals surface area contributed by atoms with E-state index in [0.29, 0.717) is 32.1 Å². The average molecular weight is 683 g/mol. The Morgan fingerprint density at radius 2 is 1.84 bits per heavy atom. The number of allylic oxidation sites excluding steroid dienone is 1. The molecule has 1 amide bonds. The summed E-state index contributed by atoms with van der Waals surface area (Å²) in [7, 11) is 1.10. The van der Waals surface area contributed by atoms with E-state index in [0.717, 1.165) is 24.8 Å². The van der Waals surface area contributed by atoms with Gasteiger partial charge < -0.3 is 25.0 Å². The Morgan fingerprint density at radius 3 is 2.53 bits per heavy atom. The lowest BCUT2D eigenvalue weighted by Gasteiger charge is -2.57. The van der Waals surface area contributed by atoms with Crippen molar-refractivity contribution >= 4 is 40.9 Å². The van der Waals surface area contributed by atoms with Crippen LogP contribution in [0.15, 0.2) is 29.8 Å². The van der Waals surface area contributed by atoms with Crippen molar-refractivity contribution in [3.8, 4) is 5.75 Å². The van der Waals surface area contributed by atoms with Crippen LogP contribution in [0.5, 0.6) is 5.75 Å². The van der Waals surface area contributed by atoms with Crippen LogP contribution >= 0.6 is 0 Å². The third-order valence-corrected chi connectivity index (χ3v) is 11.7. The molecule has 3 saturated carbocycles. The highest BCUT2D eigenvalue weighted by atomic mass is 16.6. The summed E-state index contributed by atoms with van der Waals surface area (Å²) in [6.07, 6.45) is 3.70. The number of phenols is 1. The molecule has 0 radical (unpaired) electrons. The molecule has 0 heterocycles. The van der Waals surface area contributed by atoms with Gasteiger partial charge in [0.25, 0.3) is 0 Å². The number of fused-ring (bicyclic) bond motifs is 5. The van der Waals surface area contributed by atoms with E-state index in [9.17, 15) is 49.1 Å². The molecule has 0 saturated heterocycles. The van der Waals surface area contributed by atoms with Gasteiger partial charge in [0.1, 0.15) is 17.4 Å². The van der Waals surface area contributed by atoms with Gasteiger partial charge in [-0.15, -0.1) is 0 Å². The number of aliphatic hydroxyl groups is 1. The van der Waals surface area contributed by atoms with Crippen LogP contribution in [0.25, 0.3) is 0 Å². The van der Waals surface area contributed by atoms with E-state index in [1.54, 1.807) is 13.0 Å². The molecule has 264 valence electrons. The lowest BCUT2D eigenvalue weighted by molar-refractivity contribution is -0.385. The topological polar surface area (TPSA) is 217 Å². The summed E-state index contributed by atoms with van der Waals surface area (Å²) in [5, 5.41) is 35.1. The summed E-state index contributed by atoms with van der Waals surface area (Å²) in [4.78, 5) is 87.3. The van der Waals surface area contributed by atoms with Crippen molar-refractivity contribution in [3.63, 3.8) is 0 Å². The number of phenolic OH excluding ortho intramolecular Hbond substituents is 1. The van der Waals surface area contributed by atoms with E-state index in [-0.39, 0.29) is 54.1 Å². The summed E-state index contributed by atoms with van der Waals surface area (Å²) in [5.74, 6) is -4.08. The van der Waals surface area contributed by atoms with E-state index in [1.807, 2.05) is 0 Å². The van der Waals surface area contributed by atoms with Gasteiger partial charge in [0.2, 0.25) is 11.7 Å². The zero-order valence-corrected chi connectivity index (χ0v) is 27.8. The maximum atomic E-state index is 13.8. The minimum Gasteiger partial charge on any atom is -0.502 e. The predicted molar refractivity (Wildman–Crippen MR) is 170 cm³/mol. The molecule has 49 heavy (non-hydrogen) atoms. The Morgan fingerprint density at radius 1 is 1.10 bits per heavy atom. The molecule has 0 aliphatic heterocycles. The first-order valence-electron chi connectivity index (χ1n) is 16.6. The molecule has 0 spiro atoms. The van der Waals surface area contributed by atoms with Crippen molar-refractivity contribution in [1.29, 1.82) is 0 Å². The number of rotatable bonds is 11. The third-order valence-electron chi connectivity index (χ3n) is 11.7. The molecule has 5 rings (SSSR count). The second-order valence-corrected chi connectivity index (χ2v) is 14.3. The number of ketones is 3. The summed E-state index contributed by atoms with van der Waals surface area (Å²) >= 11 is 0.